The second-order valence-corrected chi connectivity index (χ2v) is 6.94. The van der Waals surface area contributed by atoms with Crippen molar-refractivity contribution >= 4 is 11.7 Å². The lowest BCUT2D eigenvalue weighted by Crippen LogP contribution is -2.41. The Hall–Kier alpha value is -2.83. The number of nitrogens with one attached hydrogen (secondary N) is 2. The number of ether oxygens (including phenoxy) is 2. The molecule has 2 N–H and O–H groups in total. The molecule has 0 spiro atoms. The number of aryl methyl sites for hydroxylation is 2. The lowest BCUT2D eigenvalue weighted by atomic mass is 9.93. The van der Waals surface area contributed by atoms with Crippen molar-refractivity contribution in [1.29, 1.82) is 0 Å². The van der Waals surface area contributed by atoms with Gasteiger partial charge >= 0.3 is 6.03 Å². The maximum atomic E-state index is 12.3. The number of amides is 2. The van der Waals surface area contributed by atoms with Crippen LogP contribution >= 0.6 is 0 Å². The van der Waals surface area contributed by atoms with E-state index in [9.17, 15) is 4.79 Å². The van der Waals surface area contributed by atoms with Gasteiger partial charge in [0.25, 0.3) is 11.8 Å². The van der Waals surface area contributed by atoms with E-state index in [2.05, 4.69) is 26.7 Å². The molecule has 7 heteroatoms. The number of benzene rings is 1. The van der Waals surface area contributed by atoms with E-state index in [0.717, 1.165) is 42.5 Å². The number of rotatable bonds is 5. The molecule has 1 aliphatic carbocycles. The van der Waals surface area contributed by atoms with Crippen LogP contribution in [0.2, 0.25) is 0 Å². The number of hydrogen-bond acceptors (Lipinski definition) is 5. The van der Waals surface area contributed by atoms with Crippen molar-refractivity contribution in [3.05, 3.63) is 41.7 Å². The summed E-state index contributed by atoms with van der Waals surface area (Å²) in [6, 6.07) is 5.98. The summed E-state index contributed by atoms with van der Waals surface area (Å²) in [5.41, 5.74) is 3.07. The average Bonchev–Trinajstić information content (AvgIpc) is 2.63. The van der Waals surface area contributed by atoms with Crippen molar-refractivity contribution < 1.29 is 14.3 Å². The molecule has 1 aliphatic rings. The fourth-order valence-corrected chi connectivity index (χ4v) is 3.42. The van der Waals surface area contributed by atoms with E-state index in [1.165, 1.54) is 0 Å². The maximum Gasteiger partial charge on any atom is 0.319 e. The molecule has 1 aromatic carbocycles. The molecule has 0 aliphatic heterocycles. The molecular formula is C20H26N4O3. The van der Waals surface area contributed by atoms with Crippen molar-refractivity contribution in [2.45, 2.75) is 51.7 Å². The molecule has 1 aromatic heterocycles. The van der Waals surface area contributed by atoms with Crippen LogP contribution in [0.3, 0.4) is 0 Å². The van der Waals surface area contributed by atoms with E-state index in [0.29, 0.717) is 11.8 Å². The Morgan fingerprint density at radius 3 is 2.26 bits per heavy atom. The molecule has 0 saturated heterocycles. The highest BCUT2D eigenvalue weighted by atomic mass is 16.5. The van der Waals surface area contributed by atoms with Crippen LogP contribution in [0.4, 0.5) is 10.5 Å². The van der Waals surface area contributed by atoms with Crippen molar-refractivity contribution in [3.63, 3.8) is 0 Å². The molecule has 0 atom stereocenters. The average molecular weight is 370 g/mol. The first kappa shape index (κ1) is 18.9. The maximum absolute atomic E-state index is 12.3. The molecule has 3 rings (SSSR count). The molecule has 7 nitrogen and oxygen atoms in total. The normalized spacial score (nSPS) is 19.2. The van der Waals surface area contributed by atoms with Crippen LogP contribution < -0.4 is 20.1 Å². The van der Waals surface area contributed by atoms with E-state index in [1.54, 1.807) is 19.5 Å². The third-order valence-electron chi connectivity index (χ3n) is 4.59. The zero-order valence-electron chi connectivity index (χ0n) is 16.0. The van der Waals surface area contributed by atoms with E-state index in [-0.39, 0.29) is 18.2 Å². The van der Waals surface area contributed by atoms with E-state index in [1.807, 2.05) is 26.0 Å². The second kappa shape index (κ2) is 8.70. The third-order valence-corrected chi connectivity index (χ3v) is 4.59. The quantitative estimate of drug-likeness (QED) is 0.840. The van der Waals surface area contributed by atoms with Crippen molar-refractivity contribution in [2.75, 3.05) is 12.4 Å². The molecule has 1 saturated carbocycles. The van der Waals surface area contributed by atoms with Crippen LogP contribution in [-0.2, 0) is 0 Å². The second-order valence-electron chi connectivity index (χ2n) is 6.94. The number of aromatic nitrogens is 2. The Morgan fingerprint density at radius 2 is 1.63 bits per heavy atom. The van der Waals surface area contributed by atoms with E-state index in [4.69, 9.17) is 9.47 Å². The lowest BCUT2D eigenvalue weighted by molar-refractivity contribution is 0.129. The number of carbonyl (C=O) groups excluding carboxylic acids is 1. The van der Waals surface area contributed by atoms with E-state index < -0.39 is 0 Å². The number of methoxy groups -OCH3 is 1. The first-order chi connectivity index (χ1) is 13.0. The number of carbonyl (C=O) groups is 1. The molecular weight excluding hydrogens is 344 g/mol. The highest BCUT2D eigenvalue weighted by Crippen LogP contribution is 2.27. The smallest absolute Gasteiger partial charge is 0.319 e. The molecule has 2 amide bonds. The highest BCUT2D eigenvalue weighted by Gasteiger charge is 2.25. The molecule has 0 unspecified atom stereocenters. The summed E-state index contributed by atoms with van der Waals surface area (Å²) in [5.74, 6) is 0.814. The predicted molar refractivity (Wildman–Crippen MR) is 103 cm³/mol. The molecule has 2 aromatic rings. The van der Waals surface area contributed by atoms with Gasteiger partial charge in [0.15, 0.2) is 0 Å². The van der Waals surface area contributed by atoms with Crippen LogP contribution in [0.1, 0.15) is 36.8 Å². The lowest BCUT2D eigenvalue weighted by Gasteiger charge is -2.29. The minimum atomic E-state index is -0.167. The Morgan fingerprint density at radius 1 is 1.00 bits per heavy atom. The molecule has 0 radical (unpaired) electrons. The van der Waals surface area contributed by atoms with Crippen molar-refractivity contribution in [3.8, 4) is 11.8 Å². The van der Waals surface area contributed by atoms with Crippen LogP contribution in [-0.4, -0.2) is 35.3 Å². The standard InChI is InChI=1S/C20H26N4O3/c1-13-10-14(2)12-16(11-13)24-20(25)23-15-4-6-17(7-5-15)27-19-18(26-3)21-8-9-22-19/h8-12,15,17H,4-7H2,1-3H3,(H2,23,24,25). The van der Waals surface area contributed by atoms with Gasteiger partial charge in [-0.15, -0.1) is 0 Å². The number of nitrogens with zero attached hydrogens (tertiary/aromatic N) is 2. The fraction of sp³-hybridized carbons (Fsp3) is 0.450. The van der Waals surface area contributed by atoms with Crippen LogP contribution in [0.15, 0.2) is 30.6 Å². The summed E-state index contributed by atoms with van der Waals surface area (Å²) in [4.78, 5) is 20.5. The summed E-state index contributed by atoms with van der Waals surface area (Å²) in [5, 5.41) is 5.98. The Labute approximate surface area is 159 Å². The highest BCUT2D eigenvalue weighted by molar-refractivity contribution is 5.89. The molecule has 144 valence electrons. The van der Waals surface area contributed by atoms with Gasteiger partial charge in [-0.2, -0.15) is 0 Å². The summed E-state index contributed by atoms with van der Waals surface area (Å²) < 4.78 is 11.1. The van der Waals surface area contributed by atoms with Gasteiger partial charge in [0, 0.05) is 24.1 Å². The summed E-state index contributed by atoms with van der Waals surface area (Å²) in [6.45, 7) is 4.03. The van der Waals surface area contributed by atoms with Gasteiger partial charge in [-0.05, 0) is 62.8 Å². The minimum Gasteiger partial charge on any atom is -0.477 e. The minimum absolute atomic E-state index is 0.0520. The van der Waals surface area contributed by atoms with Crippen molar-refractivity contribution in [2.24, 2.45) is 0 Å². The van der Waals surface area contributed by atoms with Gasteiger partial charge in [-0.25, -0.2) is 14.8 Å². The molecule has 1 fully saturated rings. The van der Waals surface area contributed by atoms with Gasteiger partial charge in [0.05, 0.1) is 7.11 Å². The Kier molecular flexibility index (Phi) is 6.11. The van der Waals surface area contributed by atoms with Crippen molar-refractivity contribution in [1.82, 2.24) is 15.3 Å². The first-order valence-electron chi connectivity index (χ1n) is 9.21. The number of urea groups is 1. The topological polar surface area (TPSA) is 85.4 Å². The zero-order valence-corrected chi connectivity index (χ0v) is 16.0. The van der Waals surface area contributed by atoms with Gasteiger partial charge in [-0.1, -0.05) is 6.07 Å². The van der Waals surface area contributed by atoms with Crippen LogP contribution in [0.25, 0.3) is 0 Å². The van der Waals surface area contributed by atoms with Crippen LogP contribution in [0, 0.1) is 13.8 Å². The molecule has 1 heterocycles. The summed E-state index contributed by atoms with van der Waals surface area (Å²) in [7, 11) is 1.55. The van der Waals surface area contributed by atoms with Crippen LogP contribution in [0.5, 0.6) is 11.8 Å². The summed E-state index contributed by atoms with van der Waals surface area (Å²) >= 11 is 0. The largest absolute Gasteiger partial charge is 0.477 e. The predicted octanol–water partition coefficient (Wildman–Crippen LogP) is 3.61. The zero-order chi connectivity index (χ0) is 19.2. The SMILES string of the molecule is COc1nccnc1OC1CCC(NC(=O)Nc2cc(C)cc(C)c2)CC1. The monoisotopic (exact) mass is 370 g/mol. The molecule has 0 bridgehead atoms. The first-order valence-corrected chi connectivity index (χ1v) is 9.21. The Balaban J connectivity index is 1.47. The van der Waals surface area contributed by atoms with Gasteiger partial charge < -0.3 is 20.1 Å². The van der Waals surface area contributed by atoms with Gasteiger partial charge in [0.2, 0.25) is 0 Å². The van der Waals surface area contributed by atoms with Gasteiger partial charge in [-0.3, -0.25) is 0 Å². The number of anilines is 1. The molecule has 27 heavy (non-hydrogen) atoms. The van der Waals surface area contributed by atoms with Gasteiger partial charge in [0.1, 0.15) is 6.10 Å². The summed E-state index contributed by atoms with van der Waals surface area (Å²) in [6.07, 6.45) is 6.60. The Bertz CT molecular complexity index is 768. The fourth-order valence-electron chi connectivity index (χ4n) is 3.42. The number of hydrogen-bond donors (Lipinski definition) is 2. The van der Waals surface area contributed by atoms with E-state index >= 15 is 0 Å². The third kappa shape index (κ3) is 5.32.